The molecule has 0 saturated carbocycles. The van der Waals surface area contributed by atoms with E-state index in [0.717, 1.165) is 36.9 Å². The zero-order valence-electron chi connectivity index (χ0n) is 23.9. The maximum Gasteiger partial charge on any atom is 0.354 e. The van der Waals surface area contributed by atoms with Gasteiger partial charge < -0.3 is 32.2 Å². The van der Waals surface area contributed by atoms with Crippen LogP contribution in [0.2, 0.25) is 5.02 Å². The van der Waals surface area contributed by atoms with Crippen LogP contribution in [0.15, 0.2) is 58.4 Å². The predicted molar refractivity (Wildman–Crippen MR) is 167 cm³/mol. The van der Waals surface area contributed by atoms with Gasteiger partial charge in [0.2, 0.25) is 0 Å². The molecule has 2 aromatic heterocycles. The van der Waals surface area contributed by atoms with Crippen molar-refractivity contribution in [2.75, 3.05) is 26.8 Å². The third-order valence-electron chi connectivity index (χ3n) is 7.06. The summed E-state index contributed by atoms with van der Waals surface area (Å²) in [6.45, 7) is 3.87. The number of aromatic nitrogens is 3. The summed E-state index contributed by atoms with van der Waals surface area (Å²) in [5.41, 5.74) is 20.1. The Morgan fingerprint density at radius 2 is 1.98 bits per heavy atom. The summed E-state index contributed by atoms with van der Waals surface area (Å²) in [6, 6.07) is 12.9. The highest BCUT2D eigenvalue weighted by Gasteiger charge is 2.16. The Bertz CT molecular complexity index is 1580. The number of benzene rings is 2. The number of nitrogens with zero attached hydrogens (tertiary/aromatic N) is 3. The maximum atomic E-state index is 15.1. The molecule has 0 spiro atoms. The minimum atomic E-state index is -0.534. The molecule has 2 heterocycles. The molecule has 10 nitrogen and oxygen atoms in total. The van der Waals surface area contributed by atoms with Crippen LogP contribution in [-0.2, 0) is 11.2 Å². The Balaban J connectivity index is 1.51. The highest BCUT2D eigenvalue weighted by Crippen LogP contribution is 2.31. The normalized spacial score (nSPS) is 12.9. The van der Waals surface area contributed by atoms with Crippen molar-refractivity contribution in [2.45, 2.75) is 44.7 Å². The number of hydrogen-bond donors (Lipinski definition) is 5. The van der Waals surface area contributed by atoms with Crippen LogP contribution in [0.3, 0.4) is 0 Å². The summed E-state index contributed by atoms with van der Waals surface area (Å²) in [5, 5.41) is 4.13. The first-order valence-electron chi connectivity index (χ1n) is 13.9. The van der Waals surface area contributed by atoms with Gasteiger partial charge in [-0.25, -0.2) is 9.18 Å². The van der Waals surface area contributed by atoms with Crippen molar-refractivity contribution in [3.63, 3.8) is 0 Å². The minimum absolute atomic E-state index is 0.0347. The highest BCUT2D eigenvalue weighted by atomic mass is 35.5. The Kier molecular flexibility index (Phi) is 10.7. The van der Waals surface area contributed by atoms with Gasteiger partial charge in [0.05, 0.1) is 23.0 Å². The third kappa shape index (κ3) is 7.95. The molecule has 0 saturated heterocycles. The first-order chi connectivity index (χ1) is 20.2. The van der Waals surface area contributed by atoms with Gasteiger partial charge in [-0.1, -0.05) is 23.7 Å². The molecule has 0 unspecified atom stereocenters. The van der Waals surface area contributed by atoms with Crippen molar-refractivity contribution >= 4 is 28.6 Å². The first-order valence-corrected chi connectivity index (χ1v) is 14.3. The number of aromatic amines is 1. The van der Waals surface area contributed by atoms with Crippen LogP contribution in [0.25, 0.3) is 28.0 Å². The maximum absolute atomic E-state index is 15.1. The van der Waals surface area contributed by atoms with Crippen LogP contribution in [0.5, 0.6) is 0 Å². The number of H-pyrrole nitrogens is 1. The monoisotopic (exact) mass is 596 g/mol. The molecule has 12 heteroatoms. The highest BCUT2D eigenvalue weighted by molar-refractivity contribution is 6.31. The van der Waals surface area contributed by atoms with Crippen molar-refractivity contribution in [3.8, 4) is 16.9 Å². The number of aryl methyl sites for hydroxylation is 1. The van der Waals surface area contributed by atoms with Gasteiger partial charge in [0.25, 0.3) is 0 Å². The second kappa shape index (κ2) is 14.4. The molecular formula is C30H38ClFN8O2. The lowest BCUT2D eigenvalue weighted by atomic mass is 10.0. The van der Waals surface area contributed by atoms with Crippen LogP contribution in [0, 0.1) is 5.82 Å². The fourth-order valence-electron chi connectivity index (χ4n) is 4.82. The standard InChI is InChI=1S/C30H38ClFN8O2/c1-18(36-11-4-12-37-29(34)35)20-7-9-23(10-8-20)40-16-21-15-26(38-28(21)39-30(40)41)24-13-19(14-25(31)27(24)32)5-3-6-22(33)17-42-2/h7-10,13-16,18,22,36H,3-6,11-12,17,33H2,1-2H3,(H4,34,35,37)(H,38,39,41)/t18-,22+/m0/s1. The van der Waals surface area contributed by atoms with Gasteiger partial charge in [-0.2, -0.15) is 4.98 Å². The average molecular weight is 597 g/mol. The van der Waals surface area contributed by atoms with Crippen LogP contribution in [0.4, 0.5) is 4.39 Å². The number of fused-ring (bicyclic) bond motifs is 1. The van der Waals surface area contributed by atoms with Gasteiger partial charge in [-0.15, -0.1) is 0 Å². The van der Waals surface area contributed by atoms with Gasteiger partial charge in [-0.3, -0.25) is 9.56 Å². The number of ether oxygens (including phenoxy) is 1. The molecule has 4 rings (SSSR count). The van der Waals surface area contributed by atoms with Crippen LogP contribution >= 0.6 is 11.6 Å². The Hall–Kier alpha value is -3.77. The van der Waals surface area contributed by atoms with E-state index in [1.165, 1.54) is 4.57 Å². The number of nitrogens with one attached hydrogen (secondary N) is 2. The van der Waals surface area contributed by atoms with Gasteiger partial charge in [0.15, 0.2) is 11.8 Å². The summed E-state index contributed by atoms with van der Waals surface area (Å²) in [4.78, 5) is 24.2. The Morgan fingerprint density at radius 1 is 1.21 bits per heavy atom. The van der Waals surface area contributed by atoms with E-state index < -0.39 is 11.5 Å². The lowest BCUT2D eigenvalue weighted by molar-refractivity contribution is 0.176. The van der Waals surface area contributed by atoms with Gasteiger partial charge in [0.1, 0.15) is 5.65 Å². The quantitative estimate of drug-likeness (QED) is 0.0840. The minimum Gasteiger partial charge on any atom is -0.383 e. The van der Waals surface area contributed by atoms with E-state index in [-0.39, 0.29) is 23.1 Å². The van der Waals surface area contributed by atoms with Gasteiger partial charge >= 0.3 is 5.69 Å². The van der Waals surface area contributed by atoms with E-state index in [2.05, 4.69) is 27.2 Å². The molecule has 0 fully saturated rings. The van der Waals surface area contributed by atoms with Crippen molar-refractivity contribution < 1.29 is 9.13 Å². The summed E-state index contributed by atoms with van der Waals surface area (Å²) in [7, 11) is 1.62. The summed E-state index contributed by atoms with van der Waals surface area (Å²) >= 11 is 6.26. The molecule has 0 aliphatic rings. The van der Waals surface area contributed by atoms with Crippen LogP contribution < -0.4 is 28.2 Å². The number of guanidine groups is 1. The molecule has 0 radical (unpaired) electrons. The summed E-state index contributed by atoms with van der Waals surface area (Å²) in [5.74, 6) is -0.443. The Labute approximate surface area is 249 Å². The lowest BCUT2D eigenvalue weighted by Gasteiger charge is -2.15. The predicted octanol–water partition coefficient (Wildman–Crippen LogP) is 3.78. The number of rotatable bonds is 14. The molecule has 4 aromatic rings. The molecule has 2 aromatic carbocycles. The summed E-state index contributed by atoms with van der Waals surface area (Å²) < 4.78 is 21.7. The number of nitrogens with two attached hydrogens (primary N) is 3. The van der Waals surface area contributed by atoms with E-state index in [1.54, 1.807) is 31.5 Å². The van der Waals surface area contributed by atoms with Crippen molar-refractivity contribution in [1.29, 1.82) is 0 Å². The average Bonchev–Trinajstić information content (AvgIpc) is 3.36. The van der Waals surface area contributed by atoms with Crippen molar-refractivity contribution in [1.82, 2.24) is 19.9 Å². The van der Waals surface area contributed by atoms with Gasteiger partial charge in [-0.05, 0) is 80.6 Å². The third-order valence-corrected chi connectivity index (χ3v) is 7.33. The number of aliphatic imine (C=N–C) groups is 1. The first kappa shape index (κ1) is 31.2. The van der Waals surface area contributed by atoms with E-state index >= 15 is 4.39 Å². The lowest BCUT2D eigenvalue weighted by Crippen LogP contribution is -2.25. The fourth-order valence-corrected chi connectivity index (χ4v) is 5.06. The number of hydrogen-bond acceptors (Lipinski definition) is 6. The molecular weight excluding hydrogens is 559 g/mol. The molecule has 0 amide bonds. The fraction of sp³-hybridized carbons (Fsp3) is 0.367. The molecule has 0 bridgehead atoms. The molecule has 0 aliphatic carbocycles. The number of methoxy groups -OCH3 is 1. The second-order valence-corrected chi connectivity index (χ2v) is 10.8. The topological polar surface area (TPSA) is 162 Å². The number of halogens is 2. The van der Waals surface area contributed by atoms with E-state index in [1.807, 2.05) is 24.3 Å². The van der Waals surface area contributed by atoms with Crippen LogP contribution in [0.1, 0.15) is 43.4 Å². The van der Waals surface area contributed by atoms with Crippen LogP contribution in [-0.4, -0.2) is 53.3 Å². The zero-order chi connectivity index (χ0) is 30.2. The van der Waals surface area contributed by atoms with E-state index in [9.17, 15) is 4.79 Å². The van der Waals surface area contributed by atoms with Crippen molar-refractivity contribution in [2.24, 2.45) is 22.2 Å². The molecule has 2 atom stereocenters. The van der Waals surface area contributed by atoms with E-state index in [4.69, 9.17) is 33.5 Å². The zero-order valence-corrected chi connectivity index (χ0v) is 24.6. The van der Waals surface area contributed by atoms with Crippen molar-refractivity contribution in [3.05, 3.63) is 81.1 Å². The molecule has 42 heavy (non-hydrogen) atoms. The Morgan fingerprint density at radius 3 is 2.69 bits per heavy atom. The SMILES string of the molecule is COC[C@H](N)CCCc1cc(Cl)c(F)c(-c2cc3cn(-c4ccc([C@H](C)NCCCN=C(N)N)cc4)c(=O)nc3[nH]2)c1. The molecule has 0 aliphatic heterocycles. The van der Waals surface area contributed by atoms with Gasteiger partial charge in [0, 0.05) is 42.9 Å². The second-order valence-electron chi connectivity index (χ2n) is 10.4. The summed E-state index contributed by atoms with van der Waals surface area (Å²) in [6.07, 6.45) is 4.79. The largest absolute Gasteiger partial charge is 0.383 e. The smallest absolute Gasteiger partial charge is 0.354 e. The molecule has 224 valence electrons. The molecule has 8 N–H and O–H groups in total. The van der Waals surface area contributed by atoms with E-state index in [0.29, 0.717) is 47.6 Å².